The third-order valence-electron chi connectivity index (χ3n) is 6.52. The second-order valence-corrected chi connectivity index (χ2v) is 10.1. The number of hydrogen-bond donors (Lipinski definition) is 0. The minimum atomic E-state index is -0.412. The molecule has 2 aliphatic heterocycles. The first-order chi connectivity index (χ1) is 18.1. The molecule has 37 heavy (non-hydrogen) atoms. The summed E-state index contributed by atoms with van der Waals surface area (Å²) in [7, 11) is 0. The Kier molecular flexibility index (Phi) is 7.42. The van der Waals surface area contributed by atoms with E-state index in [0.717, 1.165) is 29.7 Å². The molecular weight excluding hydrogens is 484 g/mol. The summed E-state index contributed by atoms with van der Waals surface area (Å²) in [5, 5.41) is 0. The summed E-state index contributed by atoms with van der Waals surface area (Å²) in [4.78, 5) is 44.4. The first kappa shape index (κ1) is 24.8. The zero-order valence-corrected chi connectivity index (χ0v) is 21.5. The highest BCUT2D eigenvalue weighted by Gasteiger charge is 2.43. The Balaban J connectivity index is 1.44. The Labute approximate surface area is 220 Å². The molecule has 2 heterocycles. The lowest BCUT2D eigenvalue weighted by atomic mass is 9.99. The average molecular weight is 513 g/mol. The number of thioether (sulfide) groups is 1. The zero-order valence-electron chi connectivity index (χ0n) is 20.7. The number of fused-ring (bicyclic) bond motifs is 1. The summed E-state index contributed by atoms with van der Waals surface area (Å²) < 4.78 is 5.28. The molecule has 2 amide bonds. The van der Waals surface area contributed by atoms with E-state index in [9.17, 15) is 14.4 Å². The van der Waals surface area contributed by atoms with Crippen LogP contribution < -0.4 is 4.90 Å². The van der Waals surface area contributed by atoms with Gasteiger partial charge >= 0.3 is 5.97 Å². The van der Waals surface area contributed by atoms with Crippen LogP contribution >= 0.6 is 11.8 Å². The highest BCUT2D eigenvalue weighted by atomic mass is 32.2. The second-order valence-electron chi connectivity index (χ2n) is 9.02. The molecular formula is C30H28N2O4S. The molecule has 0 N–H and O–H groups in total. The predicted octanol–water partition coefficient (Wildman–Crippen LogP) is 5.58. The fraction of sp³-hybridized carbons (Fsp3) is 0.233. The Morgan fingerprint density at radius 2 is 1.59 bits per heavy atom. The van der Waals surface area contributed by atoms with Crippen LogP contribution in [0.4, 0.5) is 5.69 Å². The monoisotopic (exact) mass is 512 g/mol. The van der Waals surface area contributed by atoms with Gasteiger partial charge in [0, 0.05) is 18.0 Å². The number of carbonyl (C=O) groups is 3. The van der Waals surface area contributed by atoms with E-state index in [2.05, 4.69) is 12.1 Å². The Hall–Kier alpha value is -3.84. The zero-order chi connectivity index (χ0) is 25.8. The normalized spacial score (nSPS) is 15.3. The van der Waals surface area contributed by atoms with Gasteiger partial charge in [0.05, 0.1) is 17.9 Å². The van der Waals surface area contributed by atoms with Crippen LogP contribution in [0.2, 0.25) is 0 Å². The smallest absolute Gasteiger partial charge is 0.338 e. The lowest BCUT2D eigenvalue weighted by Gasteiger charge is -2.31. The minimum Gasteiger partial charge on any atom is -0.462 e. The fourth-order valence-corrected chi connectivity index (χ4v) is 5.56. The first-order valence-electron chi connectivity index (χ1n) is 12.5. The highest BCUT2D eigenvalue weighted by Crippen LogP contribution is 2.40. The van der Waals surface area contributed by atoms with Gasteiger partial charge in [-0.25, -0.2) is 9.69 Å². The summed E-state index contributed by atoms with van der Waals surface area (Å²) >= 11 is 1.32. The van der Waals surface area contributed by atoms with Gasteiger partial charge in [-0.05, 0) is 60.4 Å². The van der Waals surface area contributed by atoms with E-state index >= 15 is 0 Å². The van der Waals surface area contributed by atoms with Crippen molar-refractivity contribution >= 4 is 35.2 Å². The van der Waals surface area contributed by atoms with Crippen molar-refractivity contribution in [3.63, 3.8) is 0 Å². The summed E-state index contributed by atoms with van der Waals surface area (Å²) in [6.07, 6.45) is 2.55. The molecule has 3 aromatic rings. The van der Waals surface area contributed by atoms with Gasteiger partial charge in [0.15, 0.2) is 0 Å². The molecule has 0 saturated carbocycles. The van der Waals surface area contributed by atoms with Crippen LogP contribution in [-0.2, 0) is 27.3 Å². The van der Waals surface area contributed by atoms with Crippen molar-refractivity contribution in [2.45, 2.75) is 37.6 Å². The number of benzene rings is 3. The maximum atomic E-state index is 13.8. The largest absolute Gasteiger partial charge is 0.462 e. The van der Waals surface area contributed by atoms with E-state index in [-0.39, 0.29) is 11.8 Å². The van der Waals surface area contributed by atoms with E-state index in [1.54, 1.807) is 24.3 Å². The van der Waals surface area contributed by atoms with Crippen LogP contribution in [0.25, 0.3) is 0 Å². The molecule has 0 aliphatic carbocycles. The number of rotatable bonds is 8. The number of ether oxygens (including phenoxy) is 1. The summed E-state index contributed by atoms with van der Waals surface area (Å²) in [6.45, 7) is 3.62. The van der Waals surface area contributed by atoms with Crippen LogP contribution in [0.1, 0.15) is 41.3 Å². The highest BCUT2D eigenvalue weighted by molar-refractivity contribution is 8.04. The number of imide groups is 1. The molecule has 0 atom stereocenters. The van der Waals surface area contributed by atoms with E-state index in [1.165, 1.54) is 22.2 Å². The van der Waals surface area contributed by atoms with Crippen molar-refractivity contribution in [3.8, 4) is 0 Å². The predicted molar refractivity (Wildman–Crippen MR) is 144 cm³/mol. The SMILES string of the molecule is CCCCOC(=O)c1ccc(N2C(=O)C(Sc3ccccc3)=C(N3CCc4ccccc4C3)C2=O)cc1. The van der Waals surface area contributed by atoms with Gasteiger partial charge in [-0.2, -0.15) is 0 Å². The topological polar surface area (TPSA) is 66.9 Å². The van der Waals surface area contributed by atoms with Crippen LogP contribution in [0.5, 0.6) is 0 Å². The second kappa shape index (κ2) is 11.0. The van der Waals surface area contributed by atoms with Crippen molar-refractivity contribution < 1.29 is 19.1 Å². The summed E-state index contributed by atoms with van der Waals surface area (Å²) in [5.74, 6) is -1.11. The Morgan fingerprint density at radius 3 is 2.32 bits per heavy atom. The van der Waals surface area contributed by atoms with Crippen LogP contribution in [0, 0.1) is 0 Å². The summed E-state index contributed by atoms with van der Waals surface area (Å²) in [5.41, 5.74) is 3.68. The number of hydrogen-bond acceptors (Lipinski definition) is 6. The number of carbonyl (C=O) groups excluding carboxylic acids is 3. The fourth-order valence-electron chi connectivity index (χ4n) is 4.54. The number of esters is 1. The van der Waals surface area contributed by atoms with Crippen LogP contribution in [0.3, 0.4) is 0 Å². The lowest BCUT2D eigenvalue weighted by Crippen LogP contribution is -2.37. The van der Waals surface area contributed by atoms with Gasteiger partial charge in [-0.3, -0.25) is 9.59 Å². The van der Waals surface area contributed by atoms with Gasteiger partial charge in [0.1, 0.15) is 10.6 Å². The minimum absolute atomic E-state index is 0.346. The molecule has 3 aromatic carbocycles. The number of unbranched alkanes of at least 4 members (excludes halogenated alkanes) is 1. The van der Waals surface area contributed by atoms with Gasteiger partial charge in [0.2, 0.25) is 0 Å². The molecule has 7 heteroatoms. The Bertz CT molecular complexity index is 1350. The third-order valence-corrected chi connectivity index (χ3v) is 7.60. The van der Waals surface area contributed by atoms with Crippen LogP contribution in [-0.4, -0.2) is 35.8 Å². The number of anilines is 1. The van der Waals surface area contributed by atoms with Crippen molar-refractivity contribution in [1.82, 2.24) is 4.90 Å². The lowest BCUT2D eigenvalue weighted by molar-refractivity contribution is -0.121. The van der Waals surface area contributed by atoms with Crippen molar-refractivity contribution in [2.75, 3.05) is 18.1 Å². The molecule has 0 fully saturated rings. The van der Waals surface area contributed by atoms with Crippen molar-refractivity contribution in [2.24, 2.45) is 0 Å². The third kappa shape index (κ3) is 5.18. The molecule has 5 rings (SSSR count). The molecule has 0 unspecified atom stereocenters. The van der Waals surface area contributed by atoms with Crippen molar-refractivity contribution in [1.29, 1.82) is 0 Å². The quantitative estimate of drug-likeness (QED) is 0.223. The molecule has 0 aromatic heterocycles. The number of amides is 2. The molecule has 0 bridgehead atoms. The van der Waals surface area contributed by atoms with E-state index in [4.69, 9.17) is 4.74 Å². The summed E-state index contributed by atoms with van der Waals surface area (Å²) in [6, 6.07) is 24.3. The van der Waals surface area contributed by atoms with E-state index in [0.29, 0.717) is 41.5 Å². The molecule has 2 aliphatic rings. The van der Waals surface area contributed by atoms with Gasteiger partial charge < -0.3 is 9.64 Å². The molecule has 0 saturated heterocycles. The van der Waals surface area contributed by atoms with Crippen LogP contribution in [0.15, 0.2) is 94.4 Å². The van der Waals surface area contributed by atoms with E-state index in [1.807, 2.05) is 54.3 Å². The molecule has 0 radical (unpaired) electrons. The maximum absolute atomic E-state index is 13.8. The van der Waals surface area contributed by atoms with Gasteiger partial charge in [0.25, 0.3) is 11.8 Å². The average Bonchev–Trinajstić information content (AvgIpc) is 3.17. The Morgan fingerprint density at radius 1 is 0.892 bits per heavy atom. The van der Waals surface area contributed by atoms with Gasteiger partial charge in [-0.15, -0.1) is 0 Å². The molecule has 188 valence electrons. The van der Waals surface area contributed by atoms with E-state index < -0.39 is 5.97 Å². The standard InChI is InChI=1S/C30H28N2O4S/c1-2-3-19-36-30(35)22-13-15-24(16-14-22)32-28(33)26(27(29(32)34)37-25-11-5-4-6-12-25)31-18-17-21-9-7-8-10-23(21)20-31/h4-16H,2-3,17-20H2,1H3. The van der Waals surface area contributed by atoms with Crippen molar-refractivity contribution in [3.05, 3.63) is 106 Å². The first-order valence-corrected chi connectivity index (χ1v) is 13.3. The number of nitrogens with zero attached hydrogens (tertiary/aromatic N) is 2. The molecule has 0 spiro atoms. The maximum Gasteiger partial charge on any atom is 0.338 e. The molecule has 6 nitrogen and oxygen atoms in total. The van der Waals surface area contributed by atoms with Gasteiger partial charge in [-0.1, -0.05) is 67.6 Å².